The van der Waals surface area contributed by atoms with Crippen LogP contribution in [0.4, 0.5) is 5.82 Å². The van der Waals surface area contributed by atoms with Gasteiger partial charge in [-0.3, -0.25) is 0 Å². The zero-order chi connectivity index (χ0) is 15.2. The summed E-state index contributed by atoms with van der Waals surface area (Å²) in [6, 6.07) is 3.59. The normalized spacial score (nSPS) is 13.4. The molecular formula is C13H24N4O2S. The van der Waals surface area contributed by atoms with Crippen LogP contribution in [0.15, 0.2) is 23.2 Å². The van der Waals surface area contributed by atoms with E-state index in [1.165, 1.54) is 0 Å². The number of nitrogens with one attached hydrogen (secondary N) is 2. The molecule has 0 aliphatic heterocycles. The minimum Gasteiger partial charge on any atom is -0.372 e. The minimum atomic E-state index is -3.53. The SMILES string of the molecule is CCC(C)N(C)CCNS(=O)(=O)c1cccnc1NC. The Hall–Kier alpha value is -1.18. The molecule has 0 saturated heterocycles. The molecule has 0 bridgehead atoms. The summed E-state index contributed by atoms with van der Waals surface area (Å²) >= 11 is 0. The maximum absolute atomic E-state index is 12.2. The second-order valence-electron chi connectivity index (χ2n) is 4.74. The third-order valence-corrected chi connectivity index (χ3v) is 4.89. The summed E-state index contributed by atoms with van der Waals surface area (Å²) in [5.41, 5.74) is 0. The first kappa shape index (κ1) is 16.9. The number of anilines is 1. The summed E-state index contributed by atoms with van der Waals surface area (Å²) in [5.74, 6) is 0.357. The molecule has 1 aromatic heterocycles. The zero-order valence-corrected chi connectivity index (χ0v) is 13.4. The molecule has 0 aromatic carbocycles. The van der Waals surface area contributed by atoms with Gasteiger partial charge in [0.05, 0.1) is 0 Å². The fourth-order valence-corrected chi connectivity index (χ4v) is 2.94. The molecule has 0 aliphatic carbocycles. The van der Waals surface area contributed by atoms with Gasteiger partial charge in [-0.1, -0.05) is 6.92 Å². The van der Waals surface area contributed by atoms with Gasteiger partial charge in [-0.25, -0.2) is 18.1 Å². The third kappa shape index (κ3) is 4.43. The van der Waals surface area contributed by atoms with Gasteiger partial charge in [0, 0.05) is 32.4 Å². The van der Waals surface area contributed by atoms with E-state index in [0.29, 0.717) is 24.9 Å². The van der Waals surface area contributed by atoms with E-state index in [2.05, 4.69) is 33.8 Å². The predicted molar refractivity (Wildman–Crippen MR) is 81.4 cm³/mol. The van der Waals surface area contributed by atoms with Gasteiger partial charge in [-0.2, -0.15) is 0 Å². The molecule has 0 amide bonds. The molecule has 0 aliphatic rings. The topological polar surface area (TPSA) is 74.3 Å². The number of nitrogens with zero attached hydrogens (tertiary/aromatic N) is 2. The Balaban J connectivity index is 2.67. The van der Waals surface area contributed by atoms with Gasteiger partial charge < -0.3 is 10.2 Å². The summed E-state index contributed by atoms with van der Waals surface area (Å²) in [6.45, 7) is 5.28. The van der Waals surface area contributed by atoms with Crippen LogP contribution in [0.2, 0.25) is 0 Å². The lowest BCUT2D eigenvalue weighted by Gasteiger charge is -2.23. The number of pyridine rings is 1. The smallest absolute Gasteiger partial charge is 0.244 e. The van der Waals surface area contributed by atoms with Crippen molar-refractivity contribution >= 4 is 15.8 Å². The van der Waals surface area contributed by atoms with Gasteiger partial charge in [0.2, 0.25) is 10.0 Å². The predicted octanol–water partition coefficient (Wildman–Crippen LogP) is 1.13. The van der Waals surface area contributed by atoms with Crippen molar-refractivity contribution < 1.29 is 8.42 Å². The van der Waals surface area contributed by atoms with E-state index in [9.17, 15) is 8.42 Å². The van der Waals surface area contributed by atoms with Crippen LogP contribution >= 0.6 is 0 Å². The van der Waals surface area contributed by atoms with E-state index in [-0.39, 0.29) is 4.90 Å². The fraction of sp³-hybridized carbons (Fsp3) is 0.615. The van der Waals surface area contributed by atoms with Gasteiger partial charge in [0.1, 0.15) is 10.7 Å². The number of aromatic nitrogens is 1. The first-order chi connectivity index (χ1) is 9.42. The highest BCUT2D eigenvalue weighted by Crippen LogP contribution is 2.16. The standard InChI is InChI=1S/C13H24N4O2S/c1-5-11(2)17(4)10-9-16-20(18,19)12-7-6-8-15-13(12)14-3/h6-8,11,16H,5,9-10H2,1-4H3,(H,14,15). The summed E-state index contributed by atoms with van der Waals surface area (Å²) in [7, 11) is 0.110. The van der Waals surface area contributed by atoms with Crippen molar-refractivity contribution in [1.29, 1.82) is 0 Å². The number of likely N-dealkylation sites (N-methyl/N-ethyl adjacent to an activating group) is 1. The summed E-state index contributed by atoms with van der Waals surface area (Å²) in [5, 5.41) is 2.79. The highest BCUT2D eigenvalue weighted by atomic mass is 32.2. The highest BCUT2D eigenvalue weighted by molar-refractivity contribution is 7.89. The van der Waals surface area contributed by atoms with Gasteiger partial charge in [-0.15, -0.1) is 0 Å². The highest BCUT2D eigenvalue weighted by Gasteiger charge is 2.18. The number of rotatable bonds is 8. The summed E-state index contributed by atoms with van der Waals surface area (Å²) in [6.07, 6.45) is 2.59. The molecule has 6 nitrogen and oxygen atoms in total. The molecule has 0 saturated carbocycles. The van der Waals surface area contributed by atoms with Crippen molar-refractivity contribution in [1.82, 2.24) is 14.6 Å². The van der Waals surface area contributed by atoms with E-state index >= 15 is 0 Å². The third-order valence-electron chi connectivity index (χ3n) is 3.40. The average molecular weight is 300 g/mol. The Labute approximate surface area is 121 Å². The Morgan fingerprint density at radius 3 is 2.75 bits per heavy atom. The molecule has 1 heterocycles. The van der Waals surface area contributed by atoms with Crippen LogP contribution in [0.5, 0.6) is 0 Å². The van der Waals surface area contributed by atoms with Crippen molar-refractivity contribution in [2.75, 3.05) is 32.5 Å². The van der Waals surface area contributed by atoms with Crippen LogP contribution in [0, 0.1) is 0 Å². The average Bonchev–Trinajstić information content (AvgIpc) is 2.45. The van der Waals surface area contributed by atoms with Crippen molar-refractivity contribution in [2.24, 2.45) is 0 Å². The van der Waals surface area contributed by atoms with Gasteiger partial charge in [0.25, 0.3) is 0 Å². The van der Waals surface area contributed by atoms with Crippen molar-refractivity contribution in [3.05, 3.63) is 18.3 Å². The quantitative estimate of drug-likeness (QED) is 0.753. The van der Waals surface area contributed by atoms with Crippen LogP contribution < -0.4 is 10.0 Å². The summed E-state index contributed by atoms with van der Waals surface area (Å²) < 4.78 is 27.1. The Kier molecular flexibility index (Phi) is 6.38. The van der Waals surface area contributed by atoms with E-state index in [4.69, 9.17) is 0 Å². The Bertz CT molecular complexity index is 519. The van der Waals surface area contributed by atoms with E-state index < -0.39 is 10.0 Å². The number of hydrogen-bond acceptors (Lipinski definition) is 5. The van der Waals surface area contributed by atoms with Crippen LogP contribution in [-0.2, 0) is 10.0 Å². The van der Waals surface area contributed by atoms with Gasteiger partial charge >= 0.3 is 0 Å². The first-order valence-electron chi connectivity index (χ1n) is 6.75. The molecule has 1 atom stereocenters. The Morgan fingerprint density at radius 2 is 2.15 bits per heavy atom. The van der Waals surface area contributed by atoms with E-state index in [0.717, 1.165) is 6.42 Å². The van der Waals surface area contributed by atoms with Gasteiger partial charge in [-0.05, 0) is 32.5 Å². The molecule has 114 valence electrons. The monoisotopic (exact) mass is 300 g/mol. The fourth-order valence-electron chi connectivity index (χ4n) is 1.76. The molecule has 0 spiro atoms. The second kappa shape index (κ2) is 7.56. The zero-order valence-electron chi connectivity index (χ0n) is 12.5. The van der Waals surface area contributed by atoms with Crippen LogP contribution in [0.25, 0.3) is 0 Å². The lowest BCUT2D eigenvalue weighted by molar-refractivity contribution is 0.256. The van der Waals surface area contributed by atoms with Crippen molar-refractivity contribution in [2.45, 2.75) is 31.2 Å². The first-order valence-corrected chi connectivity index (χ1v) is 8.23. The maximum Gasteiger partial charge on any atom is 0.244 e. The van der Waals surface area contributed by atoms with Crippen LogP contribution in [-0.4, -0.2) is 51.5 Å². The molecule has 0 radical (unpaired) electrons. The summed E-state index contributed by atoms with van der Waals surface area (Å²) in [4.78, 5) is 6.31. The lowest BCUT2D eigenvalue weighted by atomic mass is 10.2. The molecule has 1 rings (SSSR count). The second-order valence-corrected chi connectivity index (χ2v) is 6.47. The van der Waals surface area contributed by atoms with Crippen molar-refractivity contribution in [3.8, 4) is 0 Å². The van der Waals surface area contributed by atoms with E-state index in [1.54, 1.807) is 25.4 Å². The largest absolute Gasteiger partial charge is 0.372 e. The van der Waals surface area contributed by atoms with E-state index in [1.807, 2.05) is 7.05 Å². The lowest BCUT2D eigenvalue weighted by Crippen LogP contribution is -2.37. The van der Waals surface area contributed by atoms with Gasteiger partial charge in [0.15, 0.2) is 0 Å². The molecule has 20 heavy (non-hydrogen) atoms. The molecular weight excluding hydrogens is 276 g/mol. The van der Waals surface area contributed by atoms with Crippen molar-refractivity contribution in [3.63, 3.8) is 0 Å². The molecule has 1 unspecified atom stereocenters. The maximum atomic E-state index is 12.2. The van der Waals surface area contributed by atoms with Crippen LogP contribution in [0.3, 0.4) is 0 Å². The molecule has 1 aromatic rings. The molecule has 7 heteroatoms. The molecule has 2 N–H and O–H groups in total. The van der Waals surface area contributed by atoms with Crippen LogP contribution in [0.1, 0.15) is 20.3 Å². The number of hydrogen-bond donors (Lipinski definition) is 2. The Morgan fingerprint density at radius 1 is 1.45 bits per heavy atom. The number of sulfonamides is 1. The molecule has 0 fully saturated rings. The minimum absolute atomic E-state index is 0.175.